The van der Waals surface area contributed by atoms with Crippen LogP contribution in [0.5, 0.6) is 0 Å². The minimum absolute atomic E-state index is 0.239. The van der Waals surface area contributed by atoms with E-state index in [2.05, 4.69) is 33.4 Å². The number of rotatable bonds is 3. The zero-order chi connectivity index (χ0) is 15.0. The van der Waals surface area contributed by atoms with Crippen LogP contribution < -0.4 is 5.32 Å². The van der Waals surface area contributed by atoms with Crippen LogP contribution in [0.15, 0.2) is 51.8 Å². The third-order valence-electron chi connectivity index (χ3n) is 3.79. The van der Waals surface area contributed by atoms with Crippen molar-refractivity contribution in [1.29, 1.82) is 0 Å². The molecule has 1 N–H and O–H groups in total. The van der Waals surface area contributed by atoms with Crippen LogP contribution in [0.1, 0.15) is 23.6 Å². The molecule has 0 bridgehead atoms. The van der Waals surface area contributed by atoms with Gasteiger partial charge in [0.05, 0.1) is 10.9 Å². The second kappa shape index (κ2) is 5.46. The van der Waals surface area contributed by atoms with E-state index in [1.54, 1.807) is 18.2 Å². The average molecular weight is 366 g/mol. The fourth-order valence-corrected chi connectivity index (χ4v) is 3.83. The minimum Gasteiger partial charge on any atom is -0.378 e. The van der Waals surface area contributed by atoms with E-state index >= 15 is 0 Å². The van der Waals surface area contributed by atoms with E-state index in [4.69, 9.17) is 0 Å². The molecular weight excluding hydrogens is 350 g/mol. The molecule has 1 unspecified atom stereocenters. The summed E-state index contributed by atoms with van der Waals surface area (Å²) in [5, 5.41) is 3.45. The van der Waals surface area contributed by atoms with Crippen LogP contribution in [-0.4, -0.2) is 14.7 Å². The van der Waals surface area contributed by atoms with Gasteiger partial charge in [0.15, 0.2) is 9.84 Å². The van der Waals surface area contributed by atoms with Crippen molar-refractivity contribution < 1.29 is 8.42 Å². The summed E-state index contributed by atoms with van der Waals surface area (Å²) in [5.74, 6) is 0. The first-order chi connectivity index (χ1) is 9.93. The fraction of sp³-hybridized carbons (Fsp3) is 0.250. The summed E-state index contributed by atoms with van der Waals surface area (Å²) >= 11 is 3.50. The molecule has 0 radical (unpaired) electrons. The van der Waals surface area contributed by atoms with Gasteiger partial charge in [-0.3, -0.25) is 0 Å². The van der Waals surface area contributed by atoms with Gasteiger partial charge in [0.1, 0.15) is 0 Å². The first-order valence-electron chi connectivity index (χ1n) is 6.78. The molecule has 0 saturated heterocycles. The van der Waals surface area contributed by atoms with Gasteiger partial charge < -0.3 is 5.32 Å². The third kappa shape index (κ3) is 3.14. The molecule has 21 heavy (non-hydrogen) atoms. The molecule has 0 aromatic heterocycles. The van der Waals surface area contributed by atoms with Gasteiger partial charge in [-0.25, -0.2) is 8.42 Å². The number of hydrogen-bond acceptors (Lipinski definition) is 3. The van der Waals surface area contributed by atoms with Crippen molar-refractivity contribution in [3.63, 3.8) is 0 Å². The Labute approximate surface area is 133 Å². The van der Waals surface area contributed by atoms with Gasteiger partial charge in [0.2, 0.25) is 0 Å². The lowest BCUT2D eigenvalue weighted by Crippen LogP contribution is -2.07. The third-order valence-corrected chi connectivity index (χ3v) is 5.39. The second-order valence-corrected chi connectivity index (χ2v) is 8.31. The lowest BCUT2D eigenvalue weighted by atomic mass is 10.1. The standard InChI is InChI=1S/C16H16BrNO2S/c1-21(19,20)14-4-2-3-13(10-14)18-16-8-5-11-9-12(17)6-7-15(11)16/h2-4,6-7,9-10,16,18H,5,8H2,1H3. The number of benzene rings is 2. The maximum atomic E-state index is 11.6. The van der Waals surface area contributed by atoms with Crippen molar-refractivity contribution >= 4 is 31.5 Å². The normalized spacial score (nSPS) is 17.5. The van der Waals surface area contributed by atoms with Crippen LogP contribution in [0.2, 0.25) is 0 Å². The van der Waals surface area contributed by atoms with Crippen molar-refractivity contribution in [3.8, 4) is 0 Å². The highest BCUT2D eigenvalue weighted by molar-refractivity contribution is 9.10. The Morgan fingerprint density at radius 2 is 2.00 bits per heavy atom. The molecule has 3 nitrogen and oxygen atoms in total. The van der Waals surface area contributed by atoms with Crippen LogP contribution in [0.3, 0.4) is 0 Å². The summed E-state index contributed by atoms with van der Waals surface area (Å²) in [7, 11) is -3.17. The second-order valence-electron chi connectivity index (χ2n) is 5.38. The summed E-state index contributed by atoms with van der Waals surface area (Å²) in [5.41, 5.74) is 3.49. The van der Waals surface area contributed by atoms with Gasteiger partial charge in [-0.15, -0.1) is 0 Å². The predicted octanol–water partition coefficient (Wildman–Crippen LogP) is 3.95. The zero-order valence-corrected chi connectivity index (χ0v) is 14.0. The molecule has 0 heterocycles. The average Bonchev–Trinajstić information content (AvgIpc) is 2.80. The number of sulfone groups is 1. The van der Waals surface area contributed by atoms with E-state index in [0.717, 1.165) is 23.0 Å². The Morgan fingerprint density at radius 1 is 1.19 bits per heavy atom. The predicted molar refractivity (Wildman–Crippen MR) is 88.4 cm³/mol. The van der Waals surface area contributed by atoms with E-state index in [0.29, 0.717) is 4.90 Å². The van der Waals surface area contributed by atoms with Gasteiger partial charge in [-0.05, 0) is 54.3 Å². The number of halogens is 1. The Morgan fingerprint density at radius 3 is 2.76 bits per heavy atom. The van der Waals surface area contributed by atoms with Crippen LogP contribution >= 0.6 is 15.9 Å². The molecule has 0 amide bonds. The van der Waals surface area contributed by atoms with Crippen LogP contribution in [-0.2, 0) is 16.3 Å². The van der Waals surface area contributed by atoms with Crippen LogP contribution in [0.25, 0.3) is 0 Å². The topological polar surface area (TPSA) is 46.2 Å². The van der Waals surface area contributed by atoms with Crippen molar-refractivity contribution in [1.82, 2.24) is 0 Å². The van der Waals surface area contributed by atoms with E-state index in [1.165, 1.54) is 17.4 Å². The first kappa shape index (κ1) is 14.6. The van der Waals surface area contributed by atoms with Gasteiger partial charge in [-0.1, -0.05) is 28.1 Å². The van der Waals surface area contributed by atoms with Crippen molar-refractivity contribution in [2.75, 3.05) is 11.6 Å². The molecule has 3 rings (SSSR count). The summed E-state index contributed by atoms with van der Waals surface area (Å²) in [6.45, 7) is 0. The van der Waals surface area contributed by atoms with Crippen molar-refractivity contribution in [3.05, 3.63) is 58.1 Å². The number of fused-ring (bicyclic) bond motifs is 1. The molecule has 0 aliphatic heterocycles. The molecule has 0 spiro atoms. The summed E-state index contributed by atoms with van der Waals surface area (Å²) in [6.07, 6.45) is 3.29. The molecule has 0 fully saturated rings. The largest absolute Gasteiger partial charge is 0.378 e. The Bertz CT molecular complexity index is 787. The highest BCUT2D eigenvalue weighted by Gasteiger charge is 2.22. The lowest BCUT2D eigenvalue weighted by molar-refractivity contribution is 0.602. The van der Waals surface area contributed by atoms with Gasteiger partial charge in [0, 0.05) is 16.4 Å². The van der Waals surface area contributed by atoms with E-state index in [1.807, 2.05) is 12.1 Å². The zero-order valence-electron chi connectivity index (χ0n) is 11.6. The Hall–Kier alpha value is -1.33. The van der Waals surface area contributed by atoms with Gasteiger partial charge in [-0.2, -0.15) is 0 Å². The fourth-order valence-electron chi connectivity index (χ4n) is 2.75. The van der Waals surface area contributed by atoms with Crippen molar-refractivity contribution in [2.45, 2.75) is 23.8 Å². The summed E-state index contributed by atoms with van der Waals surface area (Å²) in [4.78, 5) is 0.349. The summed E-state index contributed by atoms with van der Waals surface area (Å²) in [6, 6.07) is 13.6. The molecular formula is C16H16BrNO2S. The molecule has 1 atom stereocenters. The highest BCUT2D eigenvalue weighted by atomic mass is 79.9. The molecule has 0 saturated carbocycles. The Balaban J connectivity index is 1.87. The number of hydrogen-bond donors (Lipinski definition) is 1. The van der Waals surface area contributed by atoms with Crippen LogP contribution in [0, 0.1) is 0 Å². The van der Waals surface area contributed by atoms with Crippen molar-refractivity contribution in [2.24, 2.45) is 0 Å². The van der Waals surface area contributed by atoms with Gasteiger partial charge >= 0.3 is 0 Å². The molecule has 110 valence electrons. The van der Waals surface area contributed by atoms with E-state index in [9.17, 15) is 8.42 Å². The molecule has 1 aliphatic carbocycles. The van der Waals surface area contributed by atoms with E-state index < -0.39 is 9.84 Å². The Kier molecular flexibility index (Phi) is 3.80. The SMILES string of the molecule is CS(=O)(=O)c1cccc(NC2CCc3cc(Br)ccc32)c1. The smallest absolute Gasteiger partial charge is 0.175 e. The first-order valence-corrected chi connectivity index (χ1v) is 9.47. The number of anilines is 1. The summed E-state index contributed by atoms with van der Waals surface area (Å²) < 4.78 is 24.3. The van der Waals surface area contributed by atoms with E-state index in [-0.39, 0.29) is 6.04 Å². The minimum atomic E-state index is -3.17. The molecule has 5 heteroatoms. The number of nitrogens with one attached hydrogen (secondary N) is 1. The monoisotopic (exact) mass is 365 g/mol. The number of aryl methyl sites for hydroxylation is 1. The molecule has 2 aromatic rings. The molecule has 1 aliphatic rings. The maximum absolute atomic E-state index is 11.6. The highest BCUT2D eigenvalue weighted by Crippen LogP contribution is 2.35. The van der Waals surface area contributed by atoms with Gasteiger partial charge in [0.25, 0.3) is 0 Å². The quantitative estimate of drug-likeness (QED) is 0.895. The van der Waals surface area contributed by atoms with Crippen LogP contribution in [0.4, 0.5) is 5.69 Å². The lowest BCUT2D eigenvalue weighted by Gasteiger charge is -2.16. The molecule has 2 aromatic carbocycles. The maximum Gasteiger partial charge on any atom is 0.175 e.